The molecule has 7 heteroatoms. The summed E-state index contributed by atoms with van der Waals surface area (Å²) in [7, 11) is 1.39. The average molecular weight is 296 g/mol. The Bertz CT molecular complexity index is 537. The lowest BCUT2D eigenvalue weighted by atomic mass is 10.1. The molecule has 116 valence electrons. The number of hydrogen-bond acceptors (Lipinski definition) is 5. The molecule has 1 unspecified atom stereocenters. The molecule has 0 aliphatic rings. The summed E-state index contributed by atoms with van der Waals surface area (Å²) in [5.41, 5.74) is 5.68. The molecule has 1 atom stereocenters. The maximum absolute atomic E-state index is 11.7. The number of carbonyl (C=O) groups excluding carboxylic acids is 1. The quantitative estimate of drug-likeness (QED) is 0.785. The van der Waals surface area contributed by atoms with Gasteiger partial charge >= 0.3 is 12.1 Å². The van der Waals surface area contributed by atoms with E-state index < -0.39 is 23.7 Å². The van der Waals surface area contributed by atoms with Crippen molar-refractivity contribution in [3.8, 4) is 5.75 Å². The predicted octanol–water partition coefficient (Wildman–Crippen LogP) is 2.13. The molecule has 0 aliphatic heterocycles. The fourth-order valence-corrected chi connectivity index (χ4v) is 1.60. The number of hydrogen-bond donors (Lipinski definition) is 3. The number of carboxylic acids is 1. The van der Waals surface area contributed by atoms with Crippen LogP contribution in [0.5, 0.6) is 5.75 Å². The van der Waals surface area contributed by atoms with Gasteiger partial charge in [0.25, 0.3) is 0 Å². The van der Waals surface area contributed by atoms with Gasteiger partial charge < -0.3 is 20.3 Å². The zero-order valence-electron chi connectivity index (χ0n) is 12.5. The minimum absolute atomic E-state index is 0.276. The van der Waals surface area contributed by atoms with E-state index in [1.807, 2.05) is 0 Å². The number of anilines is 1. The van der Waals surface area contributed by atoms with E-state index in [1.165, 1.54) is 25.3 Å². The van der Waals surface area contributed by atoms with Gasteiger partial charge in [0.2, 0.25) is 0 Å². The number of nitrogens with two attached hydrogens (primary N) is 1. The van der Waals surface area contributed by atoms with Gasteiger partial charge in [-0.3, -0.25) is 10.1 Å². The molecule has 1 amide bonds. The van der Waals surface area contributed by atoms with Gasteiger partial charge in [0.15, 0.2) is 0 Å². The van der Waals surface area contributed by atoms with Crippen LogP contribution < -0.4 is 15.8 Å². The van der Waals surface area contributed by atoms with Crippen LogP contribution in [0.1, 0.15) is 32.4 Å². The molecule has 0 aliphatic carbocycles. The third kappa shape index (κ3) is 4.96. The van der Waals surface area contributed by atoms with Crippen LogP contribution in [0.2, 0.25) is 0 Å². The summed E-state index contributed by atoms with van der Waals surface area (Å²) < 4.78 is 10.2. The van der Waals surface area contributed by atoms with Crippen molar-refractivity contribution in [2.45, 2.75) is 32.4 Å². The molecule has 0 radical (unpaired) electrons. The lowest BCUT2D eigenvalue weighted by molar-refractivity contribution is -0.138. The van der Waals surface area contributed by atoms with Crippen LogP contribution in [-0.4, -0.2) is 29.9 Å². The zero-order chi connectivity index (χ0) is 16.2. The Hall–Kier alpha value is -2.28. The van der Waals surface area contributed by atoms with E-state index in [9.17, 15) is 9.59 Å². The van der Waals surface area contributed by atoms with E-state index in [-0.39, 0.29) is 5.75 Å². The average Bonchev–Trinajstić information content (AvgIpc) is 2.35. The highest BCUT2D eigenvalue weighted by molar-refractivity contribution is 5.85. The van der Waals surface area contributed by atoms with Crippen molar-refractivity contribution in [2.75, 3.05) is 12.4 Å². The van der Waals surface area contributed by atoms with Gasteiger partial charge in [-0.2, -0.15) is 0 Å². The van der Waals surface area contributed by atoms with Crippen molar-refractivity contribution < 1.29 is 24.2 Å². The zero-order valence-corrected chi connectivity index (χ0v) is 12.5. The largest absolute Gasteiger partial charge is 0.496 e. The van der Waals surface area contributed by atoms with Crippen molar-refractivity contribution in [3.05, 3.63) is 23.8 Å². The standard InChI is InChI=1S/C14H20N2O5/c1-14(2,3)21-13(19)16-8-5-6-9(10(7-8)20-4)11(15)12(17)18/h5-7,11H,15H2,1-4H3,(H,16,19)(H,17,18). The Morgan fingerprint density at radius 2 is 1.95 bits per heavy atom. The van der Waals surface area contributed by atoms with Gasteiger partial charge in [-0.15, -0.1) is 0 Å². The molecule has 4 N–H and O–H groups in total. The molecule has 21 heavy (non-hydrogen) atoms. The maximum atomic E-state index is 11.7. The maximum Gasteiger partial charge on any atom is 0.412 e. The Morgan fingerprint density at radius 3 is 2.43 bits per heavy atom. The minimum atomic E-state index is -1.20. The molecule has 1 aromatic rings. The topological polar surface area (TPSA) is 111 Å². The summed E-state index contributed by atoms with van der Waals surface area (Å²) >= 11 is 0. The van der Waals surface area contributed by atoms with Gasteiger partial charge in [-0.25, -0.2) is 4.79 Å². The Balaban J connectivity index is 2.92. The van der Waals surface area contributed by atoms with Crippen LogP contribution in [0, 0.1) is 0 Å². The normalized spacial score (nSPS) is 12.4. The number of amides is 1. The Kier molecular flexibility index (Phi) is 5.15. The number of ether oxygens (including phenoxy) is 2. The molecule has 7 nitrogen and oxygen atoms in total. The highest BCUT2D eigenvalue weighted by Gasteiger charge is 2.20. The number of nitrogens with one attached hydrogen (secondary N) is 1. The molecule has 0 aromatic heterocycles. The second kappa shape index (κ2) is 6.45. The number of carboxylic acid groups (broad SMARTS) is 1. The lowest BCUT2D eigenvalue weighted by Crippen LogP contribution is -2.27. The fraction of sp³-hybridized carbons (Fsp3) is 0.429. The first-order valence-electron chi connectivity index (χ1n) is 6.30. The van der Waals surface area contributed by atoms with Crippen molar-refractivity contribution >= 4 is 17.7 Å². The van der Waals surface area contributed by atoms with E-state index in [0.717, 1.165) is 0 Å². The molecule has 1 rings (SSSR count). The molecule has 0 bridgehead atoms. The summed E-state index contributed by atoms with van der Waals surface area (Å²) in [5, 5.41) is 11.5. The molecular formula is C14H20N2O5. The van der Waals surface area contributed by atoms with Crippen LogP contribution in [0.25, 0.3) is 0 Å². The van der Waals surface area contributed by atoms with E-state index in [4.69, 9.17) is 20.3 Å². The van der Waals surface area contributed by atoms with Crippen molar-refractivity contribution in [2.24, 2.45) is 5.73 Å². The third-order valence-electron chi connectivity index (χ3n) is 2.48. The number of rotatable bonds is 4. The number of aliphatic carboxylic acids is 1. The second-order valence-electron chi connectivity index (χ2n) is 5.40. The Morgan fingerprint density at radius 1 is 1.33 bits per heavy atom. The second-order valence-corrected chi connectivity index (χ2v) is 5.40. The monoisotopic (exact) mass is 296 g/mol. The van der Waals surface area contributed by atoms with E-state index in [1.54, 1.807) is 20.8 Å². The van der Waals surface area contributed by atoms with Crippen LogP contribution in [0.15, 0.2) is 18.2 Å². The molecule has 0 saturated heterocycles. The molecule has 0 spiro atoms. The summed E-state index contributed by atoms with van der Waals surface area (Å²) in [6.07, 6.45) is -0.611. The highest BCUT2D eigenvalue weighted by Crippen LogP contribution is 2.27. The van der Waals surface area contributed by atoms with E-state index >= 15 is 0 Å². The summed E-state index contributed by atoms with van der Waals surface area (Å²) in [6.45, 7) is 5.26. The first-order valence-corrected chi connectivity index (χ1v) is 6.30. The fourth-order valence-electron chi connectivity index (χ4n) is 1.60. The van der Waals surface area contributed by atoms with Crippen molar-refractivity contribution in [3.63, 3.8) is 0 Å². The van der Waals surface area contributed by atoms with E-state index in [0.29, 0.717) is 11.3 Å². The predicted molar refractivity (Wildman–Crippen MR) is 77.4 cm³/mol. The minimum Gasteiger partial charge on any atom is -0.496 e. The van der Waals surface area contributed by atoms with Gasteiger partial charge in [0.05, 0.1) is 7.11 Å². The van der Waals surface area contributed by atoms with Gasteiger partial charge in [0.1, 0.15) is 17.4 Å². The van der Waals surface area contributed by atoms with Crippen molar-refractivity contribution in [1.82, 2.24) is 0 Å². The Labute approximate surface area is 123 Å². The molecule has 0 fully saturated rings. The third-order valence-corrected chi connectivity index (χ3v) is 2.48. The van der Waals surface area contributed by atoms with Gasteiger partial charge in [-0.05, 0) is 26.8 Å². The number of carbonyl (C=O) groups is 2. The number of benzene rings is 1. The molecule has 1 aromatic carbocycles. The van der Waals surface area contributed by atoms with Crippen LogP contribution >= 0.6 is 0 Å². The van der Waals surface area contributed by atoms with Crippen molar-refractivity contribution in [1.29, 1.82) is 0 Å². The first kappa shape index (κ1) is 16.8. The van der Waals surface area contributed by atoms with Crippen LogP contribution in [-0.2, 0) is 9.53 Å². The summed E-state index contributed by atoms with van der Waals surface area (Å²) in [4.78, 5) is 22.6. The molecular weight excluding hydrogens is 276 g/mol. The molecule has 0 saturated carbocycles. The number of methoxy groups -OCH3 is 1. The lowest BCUT2D eigenvalue weighted by Gasteiger charge is -2.20. The van der Waals surface area contributed by atoms with Gasteiger partial charge in [-0.1, -0.05) is 6.07 Å². The molecule has 0 heterocycles. The SMILES string of the molecule is COc1cc(NC(=O)OC(C)(C)C)ccc1C(N)C(=O)O. The smallest absolute Gasteiger partial charge is 0.412 e. The van der Waals surface area contributed by atoms with E-state index in [2.05, 4.69) is 5.32 Å². The van der Waals surface area contributed by atoms with Crippen LogP contribution in [0.4, 0.5) is 10.5 Å². The summed E-state index contributed by atoms with van der Waals surface area (Å²) in [5.74, 6) is -0.889. The highest BCUT2D eigenvalue weighted by atomic mass is 16.6. The van der Waals surface area contributed by atoms with Crippen LogP contribution in [0.3, 0.4) is 0 Å². The van der Waals surface area contributed by atoms with Gasteiger partial charge in [0, 0.05) is 17.3 Å². The first-order chi connectivity index (χ1) is 9.64. The summed E-state index contributed by atoms with van der Waals surface area (Å²) in [6, 6.07) is 3.31.